The first-order valence-corrected chi connectivity index (χ1v) is 8.94. The zero-order valence-electron chi connectivity index (χ0n) is 12.6. The van der Waals surface area contributed by atoms with Crippen molar-refractivity contribution in [2.45, 2.75) is 18.7 Å². The van der Waals surface area contributed by atoms with Crippen LogP contribution < -0.4 is 5.32 Å². The summed E-state index contributed by atoms with van der Waals surface area (Å²) in [5.41, 5.74) is 3.87. The molecule has 1 aromatic heterocycles. The molecular formula is C17H16N2OS2. The molecule has 0 atom stereocenters. The molecule has 5 heteroatoms. The normalized spacial score (nSPS) is 10.9. The minimum atomic E-state index is -0.118. The second-order valence-corrected chi connectivity index (χ2v) is 7.02. The van der Waals surface area contributed by atoms with Gasteiger partial charge in [0.15, 0.2) is 5.13 Å². The topological polar surface area (TPSA) is 42.0 Å². The second-order valence-electron chi connectivity index (χ2n) is 5.11. The van der Waals surface area contributed by atoms with Crippen molar-refractivity contribution in [3.05, 3.63) is 53.1 Å². The van der Waals surface area contributed by atoms with E-state index >= 15 is 0 Å². The van der Waals surface area contributed by atoms with Crippen molar-refractivity contribution < 1.29 is 4.79 Å². The van der Waals surface area contributed by atoms with Crippen LogP contribution in [0.5, 0.6) is 0 Å². The number of aryl methyl sites for hydroxylation is 2. The molecule has 0 bridgehead atoms. The van der Waals surface area contributed by atoms with E-state index in [1.165, 1.54) is 21.8 Å². The lowest BCUT2D eigenvalue weighted by molar-refractivity contribution is 0.102. The van der Waals surface area contributed by atoms with Crippen molar-refractivity contribution in [3.63, 3.8) is 0 Å². The molecule has 2 aromatic carbocycles. The quantitative estimate of drug-likeness (QED) is 0.696. The molecule has 0 saturated heterocycles. The minimum Gasteiger partial charge on any atom is -0.298 e. The van der Waals surface area contributed by atoms with Crippen molar-refractivity contribution in [1.29, 1.82) is 0 Å². The highest BCUT2D eigenvalue weighted by atomic mass is 32.2. The summed E-state index contributed by atoms with van der Waals surface area (Å²) in [7, 11) is 0. The number of hydrogen-bond donors (Lipinski definition) is 1. The Hall–Kier alpha value is -1.85. The Kier molecular flexibility index (Phi) is 4.18. The number of thioether (sulfide) groups is 1. The first-order valence-electron chi connectivity index (χ1n) is 6.90. The van der Waals surface area contributed by atoms with Gasteiger partial charge in [0.1, 0.15) is 0 Å². The summed E-state index contributed by atoms with van der Waals surface area (Å²) >= 11 is 3.20. The van der Waals surface area contributed by atoms with Crippen LogP contribution in [0, 0.1) is 13.8 Å². The van der Waals surface area contributed by atoms with Crippen molar-refractivity contribution in [2.75, 3.05) is 11.6 Å². The summed E-state index contributed by atoms with van der Waals surface area (Å²) in [5.74, 6) is -0.118. The summed E-state index contributed by atoms with van der Waals surface area (Å²) in [6, 6.07) is 11.8. The van der Waals surface area contributed by atoms with Gasteiger partial charge in [-0.2, -0.15) is 0 Å². The van der Waals surface area contributed by atoms with Gasteiger partial charge in [-0.25, -0.2) is 4.98 Å². The maximum absolute atomic E-state index is 12.3. The van der Waals surface area contributed by atoms with E-state index in [0.717, 1.165) is 15.8 Å². The van der Waals surface area contributed by atoms with Crippen molar-refractivity contribution >= 4 is 44.4 Å². The van der Waals surface area contributed by atoms with Crippen LogP contribution in [0.4, 0.5) is 5.13 Å². The molecule has 1 heterocycles. The van der Waals surface area contributed by atoms with Crippen LogP contribution in [0.2, 0.25) is 0 Å². The molecule has 3 nitrogen and oxygen atoms in total. The molecule has 0 radical (unpaired) electrons. The number of hydrogen-bond acceptors (Lipinski definition) is 4. The van der Waals surface area contributed by atoms with E-state index in [-0.39, 0.29) is 5.91 Å². The molecule has 1 N–H and O–H groups in total. The number of carbonyl (C=O) groups excluding carboxylic acids is 1. The molecule has 0 fully saturated rings. The molecule has 1 amide bonds. The van der Waals surface area contributed by atoms with Gasteiger partial charge in [0.25, 0.3) is 5.91 Å². The van der Waals surface area contributed by atoms with Crippen LogP contribution in [0.15, 0.2) is 41.3 Å². The van der Waals surface area contributed by atoms with Gasteiger partial charge in [-0.3, -0.25) is 10.1 Å². The number of nitrogens with one attached hydrogen (secondary N) is 1. The van der Waals surface area contributed by atoms with E-state index in [2.05, 4.69) is 16.4 Å². The van der Waals surface area contributed by atoms with E-state index in [9.17, 15) is 4.79 Å². The summed E-state index contributed by atoms with van der Waals surface area (Å²) in [4.78, 5) is 18.0. The molecule has 0 aliphatic carbocycles. The second kappa shape index (κ2) is 6.10. The number of thiazole rings is 1. The van der Waals surface area contributed by atoms with E-state index in [1.54, 1.807) is 11.8 Å². The van der Waals surface area contributed by atoms with Gasteiger partial charge in [-0.1, -0.05) is 17.4 Å². The standard InChI is InChI=1S/C17H16N2OS2/c1-10-4-5-12(8-11(10)2)16(20)19-17-18-14-7-6-13(21-3)9-15(14)22-17/h4-9H,1-3H3,(H,18,19,20). The number of carbonyl (C=O) groups is 1. The van der Waals surface area contributed by atoms with Gasteiger partial charge < -0.3 is 0 Å². The van der Waals surface area contributed by atoms with Crippen LogP contribution in [-0.4, -0.2) is 17.1 Å². The Morgan fingerprint density at radius 1 is 1.14 bits per heavy atom. The third kappa shape index (κ3) is 3.00. The lowest BCUT2D eigenvalue weighted by Crippen LogP contribution is -2.11. The Morgan fingerprint density at radius 2 is 1.95 bits per heavy atom. The fourth-order valence-electron chi connectivity index (χ4n) is 2.14. The monoisotopic (exact) mass is 328 g/mol. The molecule has 0 spiro atoms. The van der Waals surface area contributed by atoms with Crippen molar-refractivity contribution in [2.24, 2.45) is 0 Å². The van der Waals surface area contributed by atoms with Crippen LogP contribution in [0.1, 0.15) is 21.5 Å². The number of benzene rings is 2. The SMILES string of the molecule is CSc1ccc2nc(NC(=O)c3ccc(C)c(C)c3)sc2c1. The van der Waals surface area contributed by atoms with Crippen LogP contribution >= 0.6 is 23.1 Å². The van der Waals surface area contributed by atoms with E-state index in [1.807, 2.05) is 50.4 Å². The van der Waals surface area contributed by atoms with Gasteiger partial charge in [0.2, 0.25) is 0 Å². The maximum Gasteiger partial charge on any atom is 0.257 e. The third-order valence-corrected chi connectivity index (χ3v) is 5.24. The zero-order valence-corrected chi connectivity index (χ0v) is 14.3. The Bertz CT molecular complexity index is 855. The molecule has 0 unspecified atom stereocenters. The molecule has 3 aromatic rings. The highest BCUT2D eigenvalue weighted by molar-refractivity contribution is 7.98. The lowest BCUT2D eigenvalue weighted by Gasteiger charge is -2.04. The first-order chi connectivity index (χ1) is 10.6. The van der Waals surface area contributed by atoms with Crippen molar-refractivity contribution in [3.8, 4) is 0 Å². The Labute approximate surface area is 137 Å². The van der Waals surface area contributed by atoms with Gasteiger partial charge in [0.05, 0.1) is 10.2 Å². The predicted molar refractivity (Wildman–Crippen MR) is 95.3 cm³/mol. The average molecular weight is 328 g/mol. The summed E-state index contributed by atoms with van der Waals surface area (Å²) in [6.45, 7) is 4.04. The number of aromatic nitrogens is 1. The Balaban J connectivity index is 1.85. The fourth-order valence-corrected chi connectivity index (χ4v) is 3.55. The summed E-state index contributed by atoms with van der Waals surface area (Å²) in [6.07, 6.45) is 2.05. The highest BCUT2D eigenvalue weighted by Crippen LogP contribution is 2.29. The largest absolute Gasteiger partial charge is 0.298 e. The minimum absolute atomic E-state index is 0.118. The first kappa shape index (κ1) is 15.1. The number of amides is 1. The van der Waals surface area contributed by atoms with Gasteiger partial charge in [-0.05, 0) is 61.6 Å². The molecule has 22 heavy (non-hydrogen) atoms. The van der Waals surface area contributed by atoms with E-state index in [0.29, 0.717) is 10.7 Å². The average Bonchev–Trinajstić information content (AvgIpc) is 2.90. The summed E-state index contributed by atoms with van der Waals surface area (Å²) in [5, 5.41) is 3.53. The molecule has 0 aliphatic heterocycles. The predicted octanol–water partition coefficient (Wildman–Crippen LogP) is 4.89. The molecule has 3 rings (SSSR count). The number of rotatable bonds is 3. The third-order valence-electron chi connectivity index (χ3n) is 3.59. The van der Waals surface area contributed by atoms with E-state index in [4.69, 9.17) is 0 Å². The van der Waals surface area contributed by atoms with Gasteiger partial charge in [0, 0.05) is 10.5 Å². The Morgan fingerprint density at radius 3 is 2.68 bits per heavy atom. The number of nitrogens with zero attached hydrogens (tertiary/aromatic N) is 1. The molecule has 0 aliphatic rings. The summed E-state index contributed by atoms with van der Waals surface area (Å²) < 4.78 is 1.09. The zero-order chi connectivity index (χ0) is 15.7. The highest BCUT2D eigenvalue weighted by Gasteiger charge is 2.11. The number of fused-ring (bicyclic) bond motifs is 1. The van der Waals surface area contributed by atoms with Crippen LogP contribution in [-0.2, 0) is 0 Å². The maximum atomic E-state index is 12.3. The van der Waals surface area contributed by atoms with Gasteiger partial charge >= 0.3 is 0 Å². The molecular weight excluding hydrogens is 312 g/mol. The lowest BCUT2D eigenvalue weighted by atomic mass is 10.1. The van der Waals surface area contributed by atoms with E-state index < -0.39 is 0 Å². The van der Waals surface area contributed by atoms with Crippen LogP contribution in [0.25, 0.3) is 10.2 Å². The molecule has 112 valence electrons. The van der Waals surface area contributed by atoms with Crippen LogP contribution in [0.3, 0.4) is 0 Å². The molecule has 0 saturated carbocycles. The van der Waals surface area contributed by atoms with Crippen molar-refractivity contribution in [1.82, 2.24) is 4.98 Å². The fraction of sp³-hybridized carbons (Fsp3) is 0.176. The van der Waals surface area contributed by atoms with Gasteiger partial charge in [-0.15, -0.1) is 11.8 Å². The number of anilines is 1. The smallest absolute Gasteiger partial charge is 0.257 e.